The highest BCUT2D eigenvalue weighted by molar-refractivity contribution is 8.00. The van der Waals surface area contributed by atoms with E-state index in [1.807, 2.05) is 0 Å². The van der Waals surface area contributed by atoms with Crippen LogP contribution in [-0.4, -0.2) is 17.2 Å². The lowest BCUT2D eigenvalue weighted by atomic mass is 9.86. The zero-order chi connectivity index (χ0) is 15.4. The van der Waals surface area contributed by atoms with E-state index in [-0.39, 0.29) is 17.2 Å². The molecule has 5 heteroatoms. The Bertz CT molecular complexity index is 509. The minimum absolute atomic E-state index is 0.0384. The van der Waals surface area contributed by atoms with Gasteiger partial charge in [0, 0.05) is 10.9 Å². The molecule has 0 bridgehead atoms. The largest absolute Gasteiger partial charge is 0.352 e. The summed E-state index contributed by atoms with van der Waals surface area (Å²) in [6.07, 6.45) is 4.55. The van der Waals surface area contributed by atoms with Gasteiger partial charge in [0.1, 0.15) is 0 Å². The topological polar surface area (TPSA) is 29.1 Å². The number of thioether (sulfide) groups is 1. The summed E-state index contributed by atoms with van der Waals surface area (Å²) in [6, 6.07) is 3.95. The molecule has 1 N–H and O–H groups in total. The van der Waals surface area contributed by atoms with E-state index in [0.717, 1.165) is 31.4 Å². The monoisotopic (exact) mass is 313 g/mol. The summed E-state index contributed by atoms with van der Waals surface area (Å²) in [5.41, 5.74) is 0. The van der Waals surface area contributed by atoms with Crippen molar-refractivity contribution in [2.75, 3.05) is 0 Å². The van der Waals surface area contributed by atoms with E-state index in [0.29, 0.717) is 10.8 Å². The molecule has 1 aromatic carbocycles. The number of amides is 1. The van der Waals surface area contributed by atoms with Crippen LogP contribution in [0.15, 0.2) is 23.1 Å². The SMILES string of the molecule is C[C@@H](Sc1ccc(F)c(F)c1)C(=O)N[C@@H]1CCCC[C@@H]1C. The van der Waals surface area contributed by atoms with Crippen molar-refractivity contribution in [3.63, 3.8) is 0 Å². The van der Waals surface area contributed by atoms with Crippen molar-refractivity contribution in [2.24, 2.45) is 5.92 Å². The highest BCUT2D eigenvalue weighted by Crippen LogP contribution is 2.27. The first-order valence-corrected chi connectivity index (χ1v) is 8.27. The van der Waals surface area contributed by atoms with E-state index >= 15 is 0 Å². The smallest absolute Gasteiger partial charge is 0.233 e. The van der Waals surface area contributed by atoms with Gasteiger partial charge in [-0.3, -0.25) is 4.79 Å². The quantitative estimate of drug-likeness (QED) is 0.846. The standard InChI is InChI=1S/C16H21F2NOS/c1-10-5-3-4-6-15(10)19-16(20)11(2)21-12-7-8-13(17)14(18)9-12/h7-11,15H,3-6H2,1-2H3,(H,19,20)/t10-,11+,15+/m0/s1. The molecular weight excluding hydrogens is 292 g/mol. The Morgan fingerprint density at radius 2 is 2.00 bits per heavy atom. The van der Waals surface area contributed by atoms with E-state index in [2.05, 4.69) is 12.2 Å². The van der Waals surface area contributed by atoms with Gasteiger partial charge in [0.05, 0.1) is 5.25 Å². The molecule has 1 amide bonds. The maximum atomic E-state index is 13.2. The first-order valence-electron chi connectivity index (χ1n) is 7.39. The maximum absolute atomic E-state index is 13.2. The van der Waals surface area contributed by atoms with Gasteiger partial charge >= 0.3 is 0 Å². The molecule has 2 rings (SSSR count). The molecule has 3 atom stereocenters. The Hall–Kier alpha value is -1.10. The third kappa shape index (κ3) is 4.43. The number of hydrogen-bond donors (Lipinski definition) is 1. The summed E-state index contributed by atoms with van der Waals surface area (Å²) >= 11 is 1.25. The first-order chi connectivity index (χ1) is 9.97. The van der Waals surface area contributed by atoms with Gasteiger partial charge in [-0.2, -0.15) is 0 Å². The van der Waals surface area contributed by atoms with Gasteiger partial charge in [-0.1, -0.05) is 19.8 Å². The highest BCUT2D eigenvalue weighted by Gasteiger charge is 2.25. The normalized spacial score (nSPS) is 23.6. The summed E-state index contributed by atoms with van der Waals surface area (Å²) in [4.78, 5) is 12.8. The van der Waals surface area contributed by atoms with Crippen LogP contribution in [0, 0.1) is 17.6 Å². The van der Waals surface area contributed by atoms with Crippen molar-refractivity contribution in [3.05, 3.63) is 29.8 Å². The summed E-state index contributed by atoms with van der Waals surface area (Å²) < 4.78 is 26.0. The van der Waals surface area contributed by atoms with Crippen LogP contribution < -0.4 is 5.32 Å². The minimum Gasteiger partial charge on any atom is -0.352 e. The van der Waals surface area contributed by atoms with Gasteiger partial charge in [0.15, 0.2) is 11.6 Å². The van der Waals surface area contributed by atoms with Crippen LogP contribution in [-0.2, 0) is 4.79 Å². The summed E-state index contributed by atoms with van der Waals surface area (Å²) in [7, 11) is 0. The number of nitrogens with one attached hydrogen (secondary N) is 1. The Labute approximate surface area is 128 Å². The van der Waals surface area contributed by atoms with Crippen molar-refractivity contribution in [3.8, 4) is 0 Å². The number of rotatable bonds is 4. The van der Waals surface area contributed by atoms with Crippen LogP contribution in [0.5, 0.6) is 0 Å². The molecule has 0 unspecified atom stereocenters. The third-order valence-corrected chi connectivity index (χ3v) is 5.11. The van der Waals surface area contributed by atoms with Crippen LogP contribution in [0.25, 0.3) is 0 Å². The second-order valence-electron chi connectivity index (χ2n) is 5.71. The molecule has 116 valence electrons. The average Bonchev–Trinajstić information content (AvgIpc) is 2.45. The van der Waals surface area contributed by atoms with Gasteiger partial charge < -0.3 is 5.32 Å². The number of benzene rings is 1. The van der Waals surface area contributed by atoms with E-state index in [9.17, 15) is 13.6 Å². The zero-order valence-electron chi connectivity index (χ0n) is 12.4. The molecule has 1 fully saturated rings. The molecule has 0 heterocycles. The van der Waals surface area contributed by atoms with Crippen LogP contribution in [0.2, 0.25) is 0 Å². The predicted molar refractivity (Wildman–Crippen MR) is 81.2 cm³/mol. The van der Waals surface area contributed by atoms with Gasteiger partial charge in [0.25, 0.3) is 0 Å². The molecule has 0 spiro atoms. The number of carbonyl (C=O) groups excluding carboxylic acids is 1. The summed E-state index contributed by atoms with van der Waals surface area (Å²) in [5.74, 6) is -1.28. The van der Waals surface area contributed by atoms with E-state index in [1.165, 1.54) is 24.2 Å². The average molecular weight is 313 g/mol. The lowest BCUT2D eigenvalue weighted by Crippen LogP contribution is -2.44. The third-order valence-electron chi connectivity index (χ3n) is 4.01. The second-order valence-corrected chi connectivity index (χ2v) is 7.13. The number of hydrogen-bond acceptors (Lipinski definition) is 2. The molecule has 1 aromatic rings. The Morgan fingerprint density at radius 1 is 1.29 bits per heavy atom. The van der Waals surface area contributed by atoms with Crippen LogP contribution in [0.4, 0.5) is 8.78 Å². The Kier molecular flexibility index (Phi) is 5.62. The molecule has 0 aliphatic heterocycles. The van der Waals surface area contributed by atoms with E-state index in [1.54, 1.807) is 6.92 Å². The molecule has 1 saturated carbocycles. The van der Waals surface area contributed by atoms with Crippen molar-refractivity contribution in [2.45, 2.75) is 55.7 Å². The maximum Gasteiger partial charge on any atom is 0.233 e. The second kappa shape index (κ2) is 7.25. The van der Waals surface area contributed by atoms with Gasteiger partial charge in [-0.25, -0.2) is 8.78 Å². The lowest BCUT2D eigenvalue weighted by Gasteiger charge is -2.30. The number of carbonyl (C=O) groups is 1. The lowest BCUT2D eigenvalue weighted by molar-refractivity contribution is -0.121. The molecular formula is C16H21F2NOS. The molecule has 0 aromatic heterocycles. The molecule has 1 aliphatic rings. The molecule has 21 heavy (non-hydrogen) atoms. The van der Waals surface area contributed by atoms with Crippen LogP contribution in [0.3, 0.4) is 0 Å². The van der Waals surface area contributed by atoms with Crippen LogP contribution in [0.1, 0.15) is 39.5 Å². The van der Waals surface area contributed by atoms with Gasteiger partial charge in [0.2, 0.25) is 5.91 Å². The van der Waals surface area contributed by atoms with Crippen molar-refractivity contribution in [1.82, 2.24) is 5.32 Å². The molecule has 0 radical (unpaired) electrons. The highest BCUT2D eigenvalue weighted by atomic mass is 32.2. The Balaban J connectivity index is 1.91. The number of halogens is 2. The van der Waals surface area contributed by atoms with Gasteiger partial charge in [-0.05, 0) is 43.9 Å². The minimum atomic E-state index is -0.881. The fraction of sp³-hybridized carbons (Fsp3) is 0.562. The Morgan fingerprint density at radius 3 is 2.67 bits per heavy atom. The summed E-state index contributed by atoms with van der Waals surface area (Å²) in [5, 5.41) is 2.76. The summed E-state index contributed by atoms with van der Waals surface area (Å²) in [6.45, 7) is 3.95. The molecule has 1 aliphatic carbocycles. The molecule has 0 saturated heterocycles. The fourth-order valence-corrected chi connectivity index (χ4v) is 3.54. The van der Waals surface area contributed by atoms with Crippen molar-refractivity contribution in [1.29, 1.82) is 0 Å². The van der Waals surface area contributed by atoms with Crippen LogP contribution >= 0.6 is 11.8 Å². The molecule has 2 nitrogen and oxygen atoms in total. The van der Waals surface area contributed by atoms with Gasteiger partial charge in [-0.15, -0.1) is 11.8 Å². The van der Waals surface area contributed by atoms with Crippen molar-refractivity contribution >= 4 is 17.7 Å². The predicted octanol–water partition coefficient (Wildman–Crippen LogP) is 4.14. The fourth-order valence-electron chi connectivity index (χ4n) is 2.64. The van der Waals surface area contributed by atoms with E-state index in [4.69, 9.17) is 0 Å². The van der Waals surface area contributed by atoms with E-state index < -0.39 is 11.6 Å². The zero-order valence-corrected chi connectivity index (χ0v) is 13.2. The van der Waals surface area contributed by atoms with Crippen molar-refractivity contribution < 1.29 is 13.6 Å². The first kappa shape index (κ1) is 16.3.